The van der Waals surface area contributed by atoms with Crippen molar-refractivity contribution < 1.29 is 14.6 Å². The van der Waals surface area contributed by atoms with Crippen molar-refractivity contribution in [3.8, 4) is 11.5 Å². The second kappa shape index (κ2) is 10.4. The first-order valence-electron chi connectivity index (χ1n) is 9.44. The number of ether oxygens (including phenoxy) is 1. The predicted octanol–water partition coefficient (Wildman–Crippen LogP) is 5.61. The largest absolute Gasteiger partial charge is 0.507 e. The molecule has 0 atom stereocenters. The fourth-order valence-corrected chi connectivity index (χ4v) is 2.76. The molecule has 0 aromatic heterocycles. The molecule has 0 bridgehead atoms. The zero-order valence-corrected chi connectivity index (χ0v) is 17.8. The van der Waals surface area contributed by atoms with Crippen LogP contribution in [0.2, 0.25) is 5.02 Å². The standard InChI is InChI=1S/C23H21ClN4O3/c1-15-6-5-9-22(16(15)2)31-14-23(30)28-25-13-17-12-18(10-11-21(17)29)26-27-20-8-4-3-7-19(20)24/h3-13,29H,14H2,1-2H3,(H,28,30)/b25-13-,27-26?. The van der Waals surface area contributed by atoms with Crippen LogP contribution in [0, 0.1) is 13.8 Å². The van der Waals surface area contributed by atoms with Crippen LogP contribution in [0.25, 0.3) is 0 Å². The van der Waals surface area contributed by atoms with E-state index in [2.05, 4.69) is 20.8 Å². The molecule has 8 heteroatoms. The number of carbonyl (C=O) groups is 1. The number of hydrogen-bond acceptors (Lipinski definition) is 6. The van der Waals surface area contributed by atoms with Crippen LogP contribution in [-0.4, -0.2) is 23.8 Å². The Hall–Kier alpha value is -3.71. The number of hydrogen-bond donors (Lipinski definition) is 2. The van der Waals surface area contributed by atoms with Gasteiger partial charge in [-0.3, -0.25) is 4.79 Å². The van der Waals surface area contributed by atoms with E-state index >= 15 is 0 Å². The van der Waals surface area contributed by atoms with Gasteiger partial charge in [-0.05, 0) is 61.4 Å². The molecule has 0 aliphatic heterocycles. The maximum atomic E-state index is 12.0. The third kappa shape index (κ3) is 6.13. The second-order valence-electron chi connectivity index (χ2n) is 6.67. The lowest BCUT2D eigenvalue weighted by Crippen LogP contribution is -2.24. The number of rotatable bonds is 7. The highest BCUT2D eigenvalue weighted by atomic mass is 35.5. The van der Waals surface area contributed by atoms with Crippen molar-refractivity contribution in [3.63, 3.8) is 0 Å². The number of aromatic hydroxyl groups is 1. The van der Waals surface area contributed by atoms with E-state index in [1.165, 1.54) is 12.3 Å². The number of azo groups is 1. The van der Waals surface area contributed by atoms with Crippen LogP contribution >= 0.6 is 11.6 Å². The van der Waals surface area contributed by atoms with Gasteiger partial charge in [0.1, 0.15) is 17.2 Å². The zero-order valence-electron chi connectivity index (χ0n) is 17.0. The number of amides is 1. The van der Waals surface area contributed by atoms with Gasteiger partial charge >= 0.3 is 0 Å². The fourth-order valence-electron chi connectivity index (χ4n) is 2.58. The molecule has 3 rings (SSSR count). The lowest BCUT2D eigenvalue weighted by molar-refractivity contribution is -0.123. The molecule has 0 heterocycles. The number of aryl methyl sites for hydroxylation is 1. The molecule has 158 valence electrons. The molecule has 0 spiro atoms. The lowest BCUT2D eigenvalue weighted by atomic mass is 10.1. The first-order valence-corrected chi connectivity index (χ1v) is 9.82. The van der Waals surface area contributed by atoms with Crippen LogP contribution < -0.4 is 10.2 Å². The van der Waals surface area contributed by atoms with E-state index < -0.39 is 5.91 Å². The van der Waals surface area contributed by atoms with Crippen LogP contribution in [-0.2, 0) is 4.79 Å². The number of carbonyl (C=O) groups excluding carboxylic acids is 1. The molecule has 3 aromatic rings. The van der Waals surface area contributed by atoms with Gasteiger partial charge < -0.3 is 9.84 Å². The topological polar surface area (TPSA) is 95.6 Å². The van der Waals surface area contributed by atoms with Gasteiger partial charge in [-0.2, -0.15) is 10.2 Å². The number of hydrazone groups is 1. The van der Waals surface area contributed by atoms with Crippen LogP contribution in [0.3, 0.4) is 0 Å². The predicted molar refractivity (Wildman–Crippen MR) is 121 cm³/mol. The monoisotopic (exact) mass is 436 g/mol. The van der Waals surface area contributed by atoms with Crippen LogP contribution in [0.15, 0.2) is 76.0 Å². The van der Waals surface area contributed by atoms with Crippen LogP contribution in [0.4, 0.5) is 11.4 Å². The molecule has 0 saturated carbocycles. The van der Waals surface area contributed by atoms with E-state index in [-0.39, 0.29) is 12.4 Å². The lowest BCUT2D eigenvalue weighted by Gasteiger charge is -2.09. The van der Waals surface area contributed by atoms with Gasteiger partial charge in [0.05, 0.1) is 16.9 Å². The Morgan fingerprint density at radius 3 is 2.71 bits per heavy atom. The molecule has 0 radical (unpaired) electrons. The third-order valence-corrected chi connectivity index (χ3v) is 4.76. The molecule has 7 nitrogen and oxygen atoms in total. The van der Waals surface area contributed by atoms with Crippen molar-refractivity contribution in [3.05, 3.63) is 82.4 Å². The quantitative estimate of drug-likeness (QED) is 0.286. The van der Waals surface area contributed by atoms with Crippen molar-refractivity contribution >= 4 is 35.1 Å². The summed E-state index contributed by atoms with van der Waals surface area (Å²) in [5.41, 5.74) is 5.82. The van der Waals surface area contributed by atoms with Gasteiger partial charge in [-0.25, -0.2) is 5.43 Å². The average Bonchev–Trinajstić information content (AvgIpc) is 2.76. The summed E-state index contributed by atoms with van der Waals surface area (Å²) in [6.07, 6.45) is 1.32. The molecule has 0 aliphatic carbocycles. The summed E-state index contributed by atoms with van der Waals surface area (Å²) >= 11 is 6.06. The zero-order chi connectivity index (χ0) is 22.2. The van der Waals surface area contributed by atoms with E-state index in [1.54, 1.807) is 36.4 Å². The van der Waals surface area contributed by atoms with Crippen molar-refractivity contribution in [1.29, 1.82) is 0 Å². The smallest absolute Gasteiger partial charge is 0.277 e. The van der Waals surface area contributed by atoms with Crippen molar-refractivity contribution in [1.82, 2.24) is 5.43 Å². The Kier molecular flexibility index (Phi) is 7.35. The van der Waals surface area contributed by atoms with E-state index in [0.717, 1.165) is 11.1 Å². The number of phenols is 1. The molecular formula is C23H21ClN4O3. The molecule has 3 aromatic carbocycles. The summed E-state index contributed by atoms with van der Waals surface area (Å²) in [5.74, 6) is 0.209. The van der Waals surface area contributed by atoms with Gasteiger partial charge in [0.25, 0.3) is 5.91 Å². The SMILES string of the molecule is Cc1cccc(OCC(=O)N/N=C\c2cc(N=Nc3ccccc3Cl)ccc2O)c1C. The molecule has 0 fully saturated rings. The molecule has 0 unspecified atom stereocenters. The van der Waals surface area contributed by atoms with Gasteiger partial charge in [-0.1, -0.05) is 35.9 Å². The average molecular weight is 437 g/mol. The Balaban J connectivity index is 1.60. The van der Waals surface area contributed by atoms with Gasteiger partial charge in [-0.15, -0.1) is 5.11 Å². The summed E-state index contributed by atoms with van der Waals surface area (Å²) in [4.78, 5) is 12.0. The summed E-state index contributed by atoms with van der Waals surface area (Å²) in [7, 11) is 0. The fraction of sp³-hybridized carbons (Fsp3) is 0.130. The van der Waals surface area contributed by atoms with Crippen LogP contribution in [0.5, 0.6) is 11.5 Å². The highest BCUT2D eigenvalue weighted by Crippen LogP contribution is 2.28. The number of nitrogens with one attached hydrogen (secondary N) is 1. The minimum atomic E-state index is -0.425. The normalized spacial score (nSPS) is 11.2. The first-order chi connectivity index (χ1) is 14.9. The Labute approximate surface area is 185 Å². The van der Waals surface area contributed by atoms with E-state index in [0.29, 0.717) is 27.7 Å². The summed E-state index contributed by atoms with van der Waals surface area (Å²) < 4.78 is 5.54. The third-order valence-electron chi connectivity index (χ3n) is 4.44. The summed E-state index contributed by atoms with van der Waals surface area (Å²) in [6.45, 7) is 3.72. The maximum absolute atomic E-state index is 12.0. The molecule has 31 heavy (non-hydrogen) atoms. The van der Waals surface area contributed by atoms with Gasteiger partial charge in [0.2, 0.25) is 0 Å². The van der Waals surface area contributed by atoms with Crippen molar-refractivity contribution in [2.75, 3.05) is 6.61 Å². The highest BCUT2D eigenvalue weighted by molar-refractivity contribution is 6.32. The molecule has 1 amide bonds. The van der Waals surface area contributed by atoms with Crippen molar-refractivity contribution in [2.45, 2.75) is 13.8 Å². The van der Waals surface area contributed by atoms with Crippen LogP contribution in [0.1, 0.15) is 16.7 Å². The van der Waals surface area contributed by atoms with E-state index in [9.17, 15) is 9.90 Å². The maximum Gasteiger partial charge on any atom is 0.277 e. The van der Waals surface area contributed by atoms with E-state index in [1.807, 2.05) is 32.0 Å². The van der Waals surface area contributed by atoms with Crippen molar-refractivity contribution in [2.24, 2.45) is 15.3 Å². The molecule has 2 N–H and O–H groups in total. The Morgan fingerprint density at radius 2 is 1.90 bits per heavy atom. The number of nitrogens with zero attached hydrogens (tertiary/aromatic N) is 3. The Morgan fingerprint density at radius 1 is 1.10 bits per heavy atom. The second-order valence-corrected chi connectivity index (χ2v) is 7.08. The Bertz CT molecular complexity index is 1150. The highest BCUT2D eigenvalue weighted by Gasteiger charge is 2.06. The van der Waals surface area contributed by atoms with E-state index in [4.69, 9.17) is 16.3 Å². The number of phenolic OH excluding ortho intramolecular Hbond substituents is 1. The minimum Gasteiger partial charge on any atom is -0.507 e. The van der Waals surface area contributed by atoms with Gasteiger partial charge in [0.15, 0.2) is 6.61 Å². The molecule has 0 aliphatic rings. The summed E-state index contributed by atoms with van der Waals surface area (Å²) in [5, 5.41) is 22.6. The molecular weight excluding hydrogens is 416 g/mol. The molecule has 0 saturated heterocycles. The first kappa shape index (κ1) is 22.0. The number of benzene rings is 3. The summed E-state index contributed by atoms with van der Waals surface area (Å²) in [6, 6.07) is 17.4. The number of halogens is 1. The van der Waals surface area contributed by atoms with Gasteiger partial charge in [0, 0.05) is 5.56 Å². The minimum absolute atomic E-state index is 0.0127.